The van der Waals surface area contributed by atoms with Crippen molar-refractivity contribution in [2.45, 2.75) is 46.1 Å². The van der Waals surface area contributed by atoms with Gasteiger partial charge in [0.05, 0.1) is 6.20 Å². The van der Waals surface area contributed by atoms with E-state index >= 15 is 0 Å². The lowest BCUT2D eigenvalue weighted by Crippen LogP contribution is -2.45. The number of nitrogens with two attached hydrogens (primary N) is 1. The maximum Gasteiger partial charge on any atom is 0.0521 e. The molecule has 0 aromatic carbocycles. The number of rotatable bonds is 6. The lowest BCUT2D eigenvalue weighted by Gasteiger charge is -2.32. The van der Waals surface area contributed by atoms with Crippen molar-refractivity contribution in [3.8, 4) is 0 Å². The van der Waals surface area contributed by atoms with E-state index in [1.54, 1.807) is 0 Å². The topological polar surface area (TPSA) is 55.9 Å². The van der Waals surface area contributed by atoms with Gasteiger partial charge in [0.1, 0.15) is 0 Å². The zero-order valence-electron chi connectivity index (χ0n) is 10.8. The highest BCUT2D eigenvalue weighted by Gasteiger charge is 2.26. The molecule has 1 aromatic heterocycles. The predicted molar refractivity (Wildman–Crippen MR) is 66.7 cm³/mol. The normalized spacial score (nSPS) is 14.1. The van der Waals surface area contributed by atoms with E-state index in [0.717, 1.165) is 19.3 Å². The van der Waals surface area contributed by atoms with E-state index in [-0.39, 0.29) is 5.41 Å². The molecular formula is C12H24N4. The molecule has 1 unspecified atom stereocenters. The molecule has 0 saturated carbocycles. The highest BCUT2D eigenvalue weighted by Crippen LogP contribution is 2.27. The largest absolute Gasteiger partial charge is 0.276 e. The average molecular weight is 224 g/mol. The van der Waals surface area contributed by atoms with Crippen LogP contribution in [0.15, 0.2) is 12.4 Å². The molecule has 3 N–H and O–H groups in total. The van der Waals surface area contributed by atoms with Crippen LogP contribution in [0.4, 0.5) is 0 Å². The molecule has 0 fully saturated rings. The zero-order chi connectivity index (χ0) is 12.2. The van der Waals surface area contributed by atoms with Crippen LogP contribution < -0.4 is 11.3 Å². The minimum absolute atomic E-state index is 0.233. The van der Waals surface area contributed by atoms with Gasteiger partial charge in [-0.15, -0.1) is 0 Å². The molecule has 4 heteroatoms. The molecule has 0 aliphatic heterocycles. The van der Waals surface area contributed by atoms with E-state index in [1.807, 2.05) is 17.9 Å². The minimum atomic E-state index is 0.233. The van der Waals surface area contributed by atoms with Crippen molar-refractivity contribution in [3.05, 3.63) is 18.0 Å². The Morgan fingerprint density at radius 2 is 2.25 bits per heavy atom. The third-order valence-corrected chi connectivity index (χ3v) is 3.54. The summed E-state index contributed by atoms with van der Waals surface area (Å²) < 4.78 is 1.84. The van der Waals surface area contributed by atoms with Gasteiger partial charge in [0, 0.05) is 19.3 Å². The highest BCUT2D eigenvalue weighted by molar-refractivity contribution is 5.04. The van der Waals surface area contributed by atoms with E-state index in [0.29, 0.717) is 6.04 Å². The average Bonchev–Trinajstić information content (AvgIpc) is 2.65. The molecule has 0 spiro atoms. The second-order valence-corrected chi connectivity index (χ2v) is 5.12. The van der Waals surface area contributed by atoms with Crippen molar-refractivity contribution in [2.75, 3.05) is 0 Å². The first kappa shape index (κ1) is 13.2. The molecular weight excluding hydrogens is 200 g/mol. The Hall–Kier alpha value is -0.870. The summed E-state index contributed by atoms with van der Waals surface area (Å²) in [5, 5.41) is 4.17. The van der Waals surface area contributed by atoms with Gasteiger partial charge in [-0.25, -0.2) is 0 Å². The van der Waals surface area contributed by atoms with Crippen molar-refractivity contribution in [3.63, 3.8) is 0 Å². The van der Waals surface area contributed by atoms with E-state index in [9.17, 15) is 0 Å². The first-order valence-electron chi connectivity index (χ1n) is 5.93. The quantitative estimate of drug-likeness (QED) is 0.570. The second-order valence-electron chi connectivity index (χ2n) is 5.12. The summed E-state index contributed by atoms with van der Waals surface area (Å²) in [4.78, 5) is 0. The molecule has 0 aliphatic rings. The second kappa shape index (κ2) is 5.46. The summed E-state index contributed by atoms with van der Waals surface area (Å²) >= 11 is 0. The van der Waals surface area contributed by atoms with Crippen molar-refractivity contribution in [1.29, 1.82) is 0 Å². The molecule has 0 bridgehead atoms. The fourth-order valence-corrected chi connectivity index (χ4v) is 1.86. The van der Waals surface area contributed by atoms with Gasteiger partial charge in [0.2, 0.25) is 0 Å². The summed E-state index contributed by atoms with van der Waals surface area (Å²) in [6, 6.07) is 0.345. The molecule has 1 rings (SSSR count). The van der Waals surface area contributed by atoms with E-state index in [4.69, 9.17) is 5.84 Å². The molecule has 0 saturated heterocycles. The highest BCUT2D eigenvalue weighted by atomic mass is 15.2. The van der Waals surface area contributed by atoms with Crippen LogP contribution in [-0.4, -0.2) is 15.8 Å². The van der Waals surface area contributed by atoms with Crippen LogP contribution in [0.2, 0.25) is 0 Å². The predicted octanol–water partition coefficient (Wildman–Crippen LogP) is 1.62. The smallest absolute Gasteiger partial charge is 0.0521 e. The Bertz CT molecular complexity index is 317. The number of hydrogen-bond donors (Lipinski definition) is 2. The summed E-state index contributed by atoms with van der Waals surface area (Å²) in [5.74, 6) is 5.63. The van der Waals surface area contributed by atoms with Gasteiger partial charge in [-0.1, -0.05) is 20.8 Å². The minimum Gasteiger partial charge on any atom is -0.276 e. The molecule has 0 amide bonds. The Morgan fingerprint density at radius 1 is 1.56 bits per heavy atom. The summed E-state index contributed by atoms with van der Waals surface area (Å²) in [7, 11) is 1.94. The number of hydrazine groups is 1. The van der Waals surface area contributed by atoms with Gasteiger partial charge in [-0.3, -0.25) is 16.0 Å². The zero-order valence-corrected chi connectivity index (χ0v) is 10.8. The van der Waals surface area contributed by atoms with Crippen LogP contribution in [-0.2, 0) is 13.5 Å². The van der Waals surface area contributed by atoms with Gasteiger partial charge in [0.15, 0.2) is 0 Å². The fourth-order valence-electron chi connectivity index (χ4n) is 1.86. The molecule has 92 valence electrons. The Labute approximate surface area is 98.2 Å². The molecule has 1 atom stereocenters. The molecule has 1 heterocycles. The van der Waals surface area contributed by atoms with Crippen LogP contribution in [0.3, 0.4) is 0 Å². The van der Waals surface area contributed by atoms with Crippen LogP contribution in [0.1, 0.15) is 39.2 Å². The molecule has 0 radical (unpaired) electrons. The first-order chi connectivity index (χ1) is 7.49. The third-order valence-electron chi connectivity index (χ3n) is 3.54. The number of aryl methyl sites for hydroxylation is 2. The van der Waals surface area contributed by atoms with Crippen molar-refractivity contribution < 1.29 is 0 Å². The Morgan fingerprint density at radius 3 is 2.69 bits per heavy atom. The lowest BCUT2D eigenvalue weighted by atomic mass is 9.80. The van der Waals surface area contributed by atoms with Crippen molar-refractivity contribution >= 4 is 0 Å². The fraction of sp³-hybridized carbons (Fsp3) is 0.750. The maximum atomic E-state index is 5.63. The van der Waals surface area contributed by atoms with E-state index < -0.39 is 0 Å². The number of nitrogens with one attached hydrogen (secondary N) is 1. The van der Waals surface area contributed by atoms with Crippen LogP contribution in [0.25, 0.3) is 0 Å². The van der Waals surface area contributed by atoms with Crippen molar-refractivity contribution in [1.82, 2.24) is 15.2 Å². The number of nitrogens with zero attached hydrogens (tertiary/aromatic N) is 2. The van der Waals surface area contributed by atoms with Gasteiger partial charge in [-0.2, -0.15) is 5.10 Å². The standard InChI is InChI=1S/C12H24N4/c1-5-12(2,3)11(15-13)7-6-10-8-14-16(4)9-10/h8-9,11,15H,5-7,13H2,1-4H3. The summed E-state index contributed by atoms with van der Waals surface area (Å²) in [6.07, 6.45) is 7.17. The van der Waals surface area contributed by atoms with E-state index in [2.05, 4.69) is 37.5 Å². The van der Waals surface area contributed by atoms with E-state index in [1.165, 1.54) is 5.56 Å². The van der Waals surface area contributed by atoms with Gasteiger partial charge < -0.3 is 0 Å². The van der Waals surface area contributed by atoms with Crippen LogP contribution in [0.5, 0.6) is 0 Å². The Balaban J connectivity index is 2.52. The van der Waals surface area contributed by atoms with Gasteiger partial charge in [-0.05, 0) is 30.2 Å². The SMILES string of the molecule is CCC(C)(C)C(CCc1cnn(C)c1)NN. The molecule has 4 nitrogen and oxygen atoms in total. The van der Waals surface area contributed by atoms with Crippen LogP contribution >= 0.6 is 0 Å². The molecule has 1 aromatic rings. The molecule has 0 aliphatic carbocycles. The van der Waals surface area contributed by atoms with Crippen LogP contribution in [0, 0.1) is 5.41 Å². The maximum absolute atomic E-state index is 5.63. The summed E-state index contributed by atoms with van der Waals surface area (Å²) in [6.45, 7) is 6.70. The number of aromatic nitrogens is 2. The lowest BCUT2D eigenvalue weighted by molar-refractivity contribution is 0.222. The summed E-state index contributed by atoms with van der Waals surface area (Å²) in [5.41, 5.74) is 4.45. The Kier molecular flexibility index (Phi) is 4.50. The monoisotopic (exact) mass is 224 g/mol. The van der Waals surface area contributed by atoms with Crippen molar-refractivity contribution in [2.24, 2.45) is 18.3 Å². The van der Waals surface area contributed by atoms with Gasteiger partial charge in [0.25, 0.3) is 0 Å². The van der Waals surface area contributed by atoms with Gasteiger partial charge >= 0.3 is 0 Å². The molecule has 16 heavy (non-hydrogen) atoms. The first-order valence-corrected chi connectivity index (χ1v) is 5.93. The third kappa shape index (κ3) is 3.32. The number of hydrogen-bond acceptors (Lipinski definition) is 3.